The van der Waals surface area contributed by atoms with Gasteiger partial charge in [-0.15, -0.1) is 0 Å². The van der Waals surface area contributed by atoms with E-state index in [9.17, 15) is 8.60 Å². The van der Waals surface area contributed by atoms with Crippen molar-refractivity contribution in [1.82, 2.24) is 0 Å². The zero-order valence-corrected chi connectivity index (χ0v) is 13.0. The molecular weight excluding hydrogens is 295 g/mol. The molecule has 0 aliphatic heterocycles. The van der Waals surface area contributed by atoms with Crippen molar-refractivity contribution >= 4 is 22.4 Å². The van der Waals surface area contributed by atoms with Crippen LogP contribution in [-0.2, 0) is 22.3 Å². The summed E-state index contributed by atoms with van der Waals surface area (Å²) in [5.41, 5.74) is 4.10. The predicted octanol–water partition coefficient (Wildman–Crippen LogP) is 4.54. The third-order valence-corrected chi connectivity index (χ3v) is 4.58. The minimum absolute atomic E-state index is 0.332. The fourth-order valence-corrected chi connectivity index (χ4v) is 3.75. The topological polar surface area (TPSA) is 17.1 Å². The summed E-state index contributed by atoms with van der Waals surface area (Å²) in [7, 11) is -1.06. The first-order chi connectivity index (χ1) is 9.44. The molecular formula is C16H16ClFOS. The highest BCUT2D eigenvalue weighted by molar-refractivity contribution is 7.83. The number of hydrogen-bond donors (Lipinski definition) is 0. The van der Waals surface area contributed by atoms with Crippen molar-refractivity contribution in [2.24, 2.45) is 0 Å². The summed E-state index contributed by atoms with van der Waals surface area (Å²) in [4.78, 5) is 0. The predicted molar refractivity (Wildman–Crippen MR) is 82.9 cm³/mol. The molecule has 4 heteroatoms. The molecule has 0 spiro atoms. The van der Waals surface area contributed by atoms with Crippen LogP contribution in [0.4, 0.5) is 4.39 Å². The minimum atomic E-state index is -1.06. The van der Waals surface area contributed by atoms with Crippen molar-refractivity contribution in [3.63, 3.8) is 0 Å². The Balaban J connectivity index is 2.09. The Bertz CT molecular complexity index is 635. The van der Waals surface area contributed by atoms with Gasteiger partial charge in [-0.3, -0.25) is 4.21 Å². The van der Waals surface area contributed by atoms with Gasteiger partial charge >= 0.3 is 0 Å². The summed E-state index contributed by atoms with van der Waals surface area (Å²) in [5.74, 6) is 0.446. The van der Waals surface area contributed by atoms with Gasteiger partial charge in [0.1, 0.15) is 5.82 Å². The Morgan fingerprint density at radius 2 is 1.70 bits per heavy atom. The Morgan fingerprint density at radius 1 is 1.05 bits per heavy atom. The van der Waals surface area contributed by atoms with Gasteiger partial charge in [0.25, 0.3) is 0 Å². The van der Waals surface area contributed by atoms with Crippen molar-refractivity contribution in [2.75, 3.05) is 0 Å². The molecule has 0 aliphatic carbocycles. The molecule has 2 aromatic rings. The molecule has 0 saturated heterocycles. The molecule has 106 valence electrons. The van der Waals surface area contributed by atoms with Crippen LogP contribution in [0.1, 0.15) is 22.3 Å². The van der Waals surface area contributed by atoms with Crippen LogP contribution >= 0.6 is 11.6 Å². The van der Waals surface area contributed by atoms with Crippen LogP contribution in [0.25, 0.3) is 0 Å². The van der Waals surface area contributed by atoms with E-state index in [2.05, 4.69) is 6.07 Å². The third-order valence-electron chi connectivity index (χ3n) is 2.94. The van der Waals surface area contributed by atoms with Gasteiger partial charge in [-0.1, -0.05) is 47.0 Å². The van der Waals surface area contributed by atoms with Gasteiger partial charge in [-0.05, 0) is 37.1 Å². The first-order valence-corrected chi connectivity index (χ1v) is 8.17. The molecule has 0 heterocycles. The second kappa shape index (κ2) is 6.51. The maximum atomic E-state index is 13.0. The number of rotatable bonds is 4. The summed E-state index contributed by atoms with van der Waals surface area (Å²) in [5, 5.41) is 0.332. The SMILES string of the molecule is Cc1cc(C)cc(CS(=O)Cc2ccc(F)cc2Cl)c1. The van der Waals surface area contributed by atoms with Crippen LogP contribution in [0.3, 0.4) is 0 Å². The molecule has 1 nitrogen and oxygen atoms in total. The maximum absolute atomic E-state index is 13.0. The van der Waals surface area contributed by atoms with E-state index >= 15 is 0 Å². The third kappa shape index (κ3) is 4.15. The molecule has 1 unspecified atom stereocenters. The smallest absolute Gasteiger partial charge is 0.124 e. The van der Waals surface area contributed by atoms with E-state index in [-0.39, 0.29) is 5.82 Å². The lowest BCUT2D eigenvalue weighted by molar-refractivity contribution is 0.627. The highest BCUT2D eigenvalue weighted by Crippen LogP contribution is 2.20. The van der Waals surface area contributed by atoms with Gasteiger partial charge in [-0.2, -0.15) is 0 Å². The molecule has 0 aromatic heterocycles. The van der Waals surface area contributed by atoms with Crippen molar-refractivity contribution < 1.29 is 8.60 Å². The fourth-order valence-electron chi connectivity index (χ4n) is 2.20. The lowest BCUT2D eigenvalue weighted by Crippen LogP contribution is -2.01. The second-order valence-electron chi connectivity index (χ2n) is 4.96. The van der Waals surface area contributed by atoms with Crippen LogP contribution < -0.4 is 0 Å². The standard InChI is InChI=1S/C16H16ClFOS/c1-11-5-12(2)7-13(6-11)9-20(19)10-14-3-4-15(18)8-16(14)17/h3-8H,9-10H2,1-2H3. The van der Waals surface area contributed by atoms with Crippen molar-refractivity contribution in [2.45, 2.75) is 25.4 Å². The molecule has 0 bridgehead atoms. The Kier molecular flexibility index (Phi) is 4.95. The highest BCUT2D eigenvalue weighted by Gasteiger charge is 2.08. The highest BCUT2D eigenvalue weighted by atomic mass is 35.5. The lowest BCUT2D eigenvalue weighted by atomic mass is 10.1. The largest absolute Gasteiger partial charge is 0.259 e. The zero-order valence-electron chi connectivity index (χ0n) is 11.5. The number of aryl methyl sites for hydroxylation is 2. The molecule has 0 aliphatic rings. The van der Waals surface area contributed by atoms with Crippen LogP contribution in [0.5, 0.6) is 0 Å². The van der Waals surface area contributed by atoms with Gasteiger partial charge in [0.15, 0.2) is 0 Å². The average molecular weight is 311 g/mol. The quantitative estimate of drug-likeness (QED) is 0.810. The van der Waals surface area contributed by atoms with E-state index in [1.807, 2.05) is 26.0 Å². The first-order valence-electron chi connectivity index (χ1n) is 6.30. The van der Waals surface area contributed by atoms with E-state index in [1.54, 1.807) is 6.07 Å². The van der Waals surface area contributed by atoms with Crippen LogP contribution in [0.2, 0.25) is 5.02 Å². The summed E-state index contributed by atoms with van der Waals surface area (Å²) >= 11 is 5.95. The Morgan fingerprint density at radius 3 is 2.30 bits per heavy atom. The van der Waals surface area contributed by atoms with E-state index in [0.717, 1.165) is 22.3 Å². The van der Waals surface area contributed by atoms with E-state index in [1.165, 1.54) is 12.1 Å². The fraction of sp³-hybridized carbons (Fsp3) is 0.250. The lowest BCUT2D eigenvalue weighted by Gasteiger charge is -2.07. The molecule has 2 rings (SSSR count). The van der Waals surface area contributed by atoms with Crippen molar-refractivity contribution in [3.05, 3.63) is 69.5 Å². The molecule has 20 heavy (non-hydrogen) atoms. The van der Waals surface area contributed by atoms with E-state index in [4.69, 9.17) is 11.6 Å². The Hall–Kier alpha value is -1.19. The zero-order chi connectivity index (χ0) is 14.7. The molecule has 1 atom stereocenters. The van der Waals surface area contributed by atoms with Crippen LogP contribution in [-0.4, -0.2) is 4.21 Å². The van der Waals surface area contributed by atoms with Crippen LogP contribution in [0, 0.1) is 19.7 Å². The van der Waals surface area contributed by atoms with Gasteiger partial charge in [0, 0.05) is 21.6 Å². The van der Waals surface area contributed by atoms with Gasteiger partial charge in [-0.25, -0.2) is 4.39 Å². The second-order valence-corrected chi connectivity index (χ2v) is 6.82. The maximum Gasteiger partial charge on any atom is 0.124 e. The minimum Gasteiger partial charge on any atom is -0.259 e. The number of benzene rings is 2. The monoisotopic (exact) mass is 310 g/mol. The molecule has 0 radical (unpaired) electrons. The van der Waals surface area contributed by atoms with Gasteiger partial charge in [0.05, 0.1) is 5.75 Å². The van der Waals surface area contributed by atoms with Crippen molar-refractivity contribution in [3.8, 4) is 0 Å². The molecule has 0 amide bonds. The molecule has 0 N–H and O–H groups in total. The van der Waals surface area contributed by atoms with Crippen molar-refractivity contribution in [1.29, 1.82) is 0 Å². The number of halogens is 2. The van der Waals surface area contributed by atoms with Crippen LogP contribution in [0.15, 0.2) is 36.4 Å². The van der Waals surface area contributed by atoms with Gasteiger partial charge in [0.2, 0.25) is 0 Å². The Labute approximate surface area is 126 Å². The number of hydrogen-bond acceptors (Lipinski definition) is 1. The normalized spacial score (nSPS) is 12.4. The molecule has 2 aromatic carbocycles. The average Bonchev–Trinajstić information content (AvgIpc) is 2.31. The summed E-state index contributed by atoms with van der Waals surface area (Å²) in [6.45, 7) is 4.05. The molecule has 0 fully saturated rings. The summed E-state index contributed by atoms with van der Waals surface area (Å²) in [6, 6.07) is 10.4. The van der Waals surface area contributed by atoms with Gasteiger partial charge < -0.3 is 0 Å². The van der Waals surface area contributed by atoms with E-state index in [0.29, 0.717) is 16.5 Å². The van der Waals surface area contributed by atoms with E-state index < -0.39 is 10.8 Å². The summed E-state index contributed by atoms with van der Waals surface area (Å²) < 4.78 is 25.2. The summed E-state index contributed by atoms with van der Waals surface area (Å²) in [6.07, 6.45) is 0. The molecule has 0 saturated carbocycles. The first kappa shape index (κ1) is 15.2.